The number of thiophene rings is 1. The molecule has 2 aromatic heterocycles. The Labute approximate surface area is 173 Å². The molecule has 2 aromatic rings. The highest BCUT2D eigenvalue weighted by Crippen LogP contribution is 2.30. The van der Waals surface area contributed by atoms with E-state index >= 15 is 0 Å². The fourth-order valence-electron chi connectivity index (χ4n) is 3.86. The average molecular weight is 421 g/mol. The average Bonchev–Trinajstić information content (AvgIpc) is 3.00. The Morgan fingerprint density at radius 1 is 1.28 bits per heavy atom. The van der Waals surface area contributed by atoms with Gasteiger partial charge in [0, 0.05) is 18.9 Å². The number of carboxylic acid groups (broad SMARTS) is 1. The lowest BCUT2D eigenvalue weighted by Crippen LogP contribution is -2.26. The van der Waals surface area contributed by atoms with Crippen molar-refractivity contribution in [2.75, 3.05) is 0 Å². The molecular weight excluding hydrogens is 392 g/mol. The van der Waals surface area contributed by atoms with Crippen molar-refractivity contribution in [3.05, 3.63) is 26.6 Å². The molecule has 0 spiro atoms. The van der Waals surface area contributed by atoms with Crippen molar-refractivity contribution >= 4 is 33.5 Å². The normalized spacial score (nSPS) is 15.2. The van der Waals surface area contributed by atoms with Gasteiger partial charge in [0.2, 0.25) is 0 Å². The van der Waals surface area contributed by atoms with E-state index in [0.29, 0.717) is 39.4 Å². The number of ether oxygens (including phenoxy) is 1. The van der Waals surface area contributed by atoms with Gasteiger partial charge >= 0.3 is 11.9 Å². The molecule has 1 saturated carbocycles. The van der Waals surface area contributed by atoms with Gasteiger partial charge < -0.3 is 9.84 Å². The van der Waals surface area contributed by atoms with Crippen LogP contribution in [0.5, 0.6) is 0 Å². The Morgan fingerprint density at radius 3 is 2.59 bits per heavy atom. The van der Waals surface area contributed by atoms with Crippen molar-refractivity contribution < 1.29 is 19.4 Å². The van der Waals surface area contributed by atoms with E-state index < -0.39 is 5.97 Å². The van der Waals surface area contributed by atoms with Crippen molar-refractivity contribution in [2.24, 2.45) is 0 Å². The third-order valence-electron chi connectivity index (χ3n) is 5.38. The number of esters is 1. The lowest BCUT2D eigenvalue weighted by atomic mass is 9.98. The van der Waals surface area contributed by atoms with Gasteiger partial charge in [0.1, 0.15) is 21.6 Å². The molecule has 29 heavy (non-hydrogen) atoms. The van der Waals surface area contributed by atoms with Gasteiger partial charge in [0.15, 0.2) is 0 Å². The van der Waals surface area contributed by atoms with Crippen molar-refractivity contribution in [2.45, 2.75) is 84.3 Å². The number of aryl methyl sites for hydroxylation is 1. The molecule has 0 bridgehead atoms. The Bertz CT molecular complexity index is 970. The Kier molecular flexibility index (Phi) is 6.72. The Balaban J connectivity index is 1.97. The topological polar surface area (TPSA) is 98.5 Å². The van der Waals surface area contributed by atoms with E-state index in [1.165, 1.54) is 17.8 Å². The van der Waals surface area contributed by atoms with Crippen LogP contribution in [-0.2, 0) is 16.1 Å². The van der Waals surface area contributed by atoms with E-state index in [1.54, 1.807) is 11.5 Å². The van der Waals surface area contributed by atoms with E-state index in [9.17, 15) is 14.4 Å². The summed E-state index contributed by atoms with van der Waals surface area (Å²) in [6.45, 7) is 5.94. The second kappa shape index (κ2) is 9.07. The lowest BCUT2D eigenvalue weighted by Gasteiger charge is -2.21. The van der Waals surface area contributed by atoms with E-state index in [2.05, 4.69) is 4.98 Å². The van der Waals surface area contributed by atoms with E-state index in [-0.39, 0.29) is 30.0 Å². The fourth-order valence-corrected chi connectivity index (χ4v) is 4.92. The molecule has 1 aliphatic rings. The number of fused-ring (bicyclic) bond motifs is 1. The summed E-state index contributed by atoms with van der Waals surface area (Å²) >= 11 is 1.21. The number of carbonyl (C=O) groups is 2. The highest BCUT2D eigenvalue weighted by atomic mass is 32.1. The molecular formula is C21H28N2O5S. The highest BCUT2D eigenvalue weighted by molar-refractivity contribution is 7.20. The van der Waals surface area contributed by atoms with Gasteiger partial charge in [-0.25, -0.2) is 9.78 Å². The van der Waals surface area contributed by atoms with Gasteiger partial charge in [-0.05, 0) is 44.6 Å². The summed E-state index contributed by atoms with van der Waals surface area (Å²) < 4.78 is 7.26. The first-order chi connectivity index (χ1) is 13.8. The molecule has 0 amide bonds. The number of nitrogens with zero attached hydrogens (tertiary/aromatic N) is 2. The van der Waals surface area contributed by atoms with Crippen LogP contribution in [-0.4, -0.2) is 32.7 Å². The van der Waals surface area contributed by atoms with Crippen LogP contribution >= 0.6 is 11.3 Å². The van der Waals surface area contributed by atoms with Crippen LogP contribution in [0.1, 0.15) is 85.8 Å². The summed E-state index contributed by atoms with van der Waals surface area (Å²) in [4.78, 5) is 42.5. The Hall–Kier alpha value is -2.22. The standard InChI is InChI=1S/C21H28N2O5S/c1-12(2)18-22-19-16(20(26)23(18)11-7-10-15(24)25)13(3)17(29-19)21(27)28-14-8-5-4-6-9-14/h12,14H,4-11H2,1-3H3,(H,24,25). The van der Waals surface area contributed by atoms with E-state index in [4.69, 9.17) is 9.84 Å². The van der Waals surface area contributed by atoms with E-state index in [1.807, 2.05) is 13.8 Å². The summed E-state index contributed by atoms with van der Waals surface area (Å²) in [6, 6.07) is 0. The van der Waals surface area contributed by atoms with Crippen LogP contribution in [0.4, 0.5) is 0 Å². The minimum absolute atomic E-state index is 0.00280. The molecule has 8 heteroatoms. The quantitative estimate of drug-likeness (QED) is 0.673. The van der Waals surface area contributed by atoms with Crippen LogP contribution < -0.4 is 5.56 Å². The molecule has 1 N–H and O–H groups in total. The highest BCUT2D eigenvalue weighted by Gasteiger charge is 2.25. The summed E-state index contributed by atoms with van der Waals surface area (Å²) in [5, 5.41) is 9.34. The third-order valence-corrected chi connectivity index (χ3v) is 6.55. The van der Waals surface area contributed by atoms with Crippen LogP contribution in [0.2, 0.25) is 0 Å². The SMILES string of the molecule is Cc1c(C(=O)OC2CCCCC2)sc2nc(C(C)C)n(CCCC(=O)O)c(=O)c12. The monoisotopic (exact) mass is 420 g/mol. The molecule has 0 unspecified atom stereocenters. The molecule has 1 fully saturated rings. The molecule has 0 radical (unpaired) electrons. The van der Waals surface area contributed by atoms with Crippen LogP contribution in [0, 0.1) is 6.92 Å². The first-order valence-corrected chi connectivity index (χ1v) is 11.1. The number of hydrogen-bond donors (Lipinski definition) is 1. The molecule has 3 rings (SSSR count). The van der Waals surface area contributed by atoms with Gasteiger partial charge in [-0.3, -0.25) is 14.2 Å². The first-order valence-electron chi connectivity index (χ1n) is 10.3. The summed E-state index contributed by atoms with van der Waals surface area (Å²) in [6.07, 6.45) is 5.40. The minimum atomic E-state index is -0.891. The fraction of sp³-hybridized carbons (Fsp3) is 0.619. The van der Waals surface area contributed by atoms with Gasteiger partial charge in [-0.2, -0.15) is 0 Å². The van der Waals surface area contributed by atoms with E-state index in [0.717, 1.165) is 25.7 Å². The summed E-state index contributed by atoms with van der Waals surface area (Å²) in [7, 11) is 0. The maximum Gasteiger partial charge on any atom is 0.348 e. The van der Waals surface area contributed by atoms with Gasteiger partial charge in [-0.15, -0.1) is 11.3 Å². The van der Waals surface area contributed by atoms with Crippen LogP contribution in [0.15, 0.2) is 4.79 Å². The van der Waals surface area contributed by atoms with Crippen molar-refractivity contribution in [3.63, 3.8) is 0 Å². The molecule has 158 valence electrons. The summed E-state index contributed by atoms with van der Waals surface area (Å²) in [5.74, 6) is -0.656. The largest absolute Gasteiger partial charge is 0.481 e. The third kappa shape index (κ3) is 4.69. The van der Waals surface area contributed by atoms with Crippen molar-refractivity contribution in [1.29, 1.82) is 0 Å². The van der Waals surface area contributed by atoms with Gasteiger partial charge in [0.25, 0.3) is 5.56 Å². The van der Waals surface area contributed by atoms with Crippen molar-refractivity contribution in [3.8, 4) is 0 Å². The number of rotatable bonds is 7. The zero-order valence-corrected chi connectivity index (χ0v) is 18.0. The molecule has 7 nitrogen and oxygen atoms in total. The first kappa shape index (κ1) is 21.5. The number of hydrogen-bond acceptors (Lipinski definition) is 6. The lowest BCUT2D eigenvalue weighted by molar-refractivity contribution is -0.137. The second-order valence-corrected chi connectivity index (χ2v) is 8.98. The molecule has 1 aliphatic carbocycles. The Morgan fingerprint density at radius 2 is 1.97 bits per heavy atom. The van der Waals surface area contributed by atoms with Gasteiger partial charge in [-0.1, -0.05) is 20.3 Å². The number of carbonyl (C=O) groups excluding carboxylic acids is 1. The zero-order chi connectivity index (χ0) is 21.1. The minimum Gasteiger partial charge on any atom is -0.481 e. The van der Waals surface area contributed by atoms with Crippen molar-refractivity contribution in [1.82, 2.24) is 9.55 Å². The maximum absolute atomic E-state index is 13.2. The predicted octanol–water partition coefficient (Wildman–Crippen LogP) is 4.24. The number of aromatic nitrogens is 2. The molecule has 0 aromatic carbocycles. The predicted molar refractivity (Wildman–Crippen MR) is 112 cm³/mol. The summed E-state index contributed by atoms with van der Waals surface area (Å²) in [5.41, 5.74) is 0.389. The maximum atomic E-state index is 13.2. The molecule has 0 atom stereocenters. The van der Waals surface area contributed by atoms with Gasteiger partial charge in [0.05, 0.1) is 5.39 Å². The number of aliphatic carboxylic acids is 1. The second-order valence-electron chi connectivity index (χ2n) is 7.98. The molecule has 0 saturated heterocycles. The van der Waals surface area contributed by atoms with Crippen LogP contribution in [0.3, 0.4) is 0 Å². The molecule has 0 aliphatic heterocycles. The molecule has 2 heterocycles. The zero-order valence-electron chi connectivity index (χ0n) is 17.2. The number of carboxylic acids is 1. The van der Waals surface area contributed by atoms with Crippen LogP contribution in [0.25, 0.3) is 10.2 Å². The smallest absolute Gasteiger partial charge is 0.348 e.